The summed E-state index contributed by atoms with van der Waals surface area (Å²) in [7, 11) is 0. The smallest absolute Gasteiger partial charge is 0.248 e. The summed E-state index contributed by atoms with van der Waals surface area (Å²) in [5.74, 6) is -0.144. The van der Waals surface area contributed by atoms with Crippen molar-refractivity contribution in [1.29, 1.82) is 0 Å². The van der Waals surface area contributed by atoms with E-state index in [4.69, 9.17) is 0 Å². The number of pyridine rings is 1. The molecule has 2 amide bonds. The van der Waals surface area contributed by atoms with Crippen molar-refractivity contribution in [2.45, 2.75) is 45.3 Å². The molecule has 1 saturated heterocycles. The molecule has 19 heavy (non-hydrogen) atoms. The van der Waals surface area contributed by atoms with Crippen LogP contribution in [0.5, 0.6) is 0 Å². The first-order chi connectivity index (χ1) is 8.90. The molecule has 5 nitrogen and oxygen atoms in total. The van der Waals surface area contributed by atoms with Gasteiger partial charge in [0, 0.05) is 31.4 Å². The third kappa shape index (κ3) is 2.92. The fraction of sp³-hybridized carbons (Fsp3) is 0.500. The number of amides is 2. The second kappa shape index (κ2) is 4.99. The van der Waals surface area contributed by atoms with Crippen molar-refractivity contribution in [2.75, 3.05) is 0 Å². The number of nitrogens with zero attached hydrogens (tertiary/aromatic N) is 2. The minimum Gasteiger partial charge on any atom is -0.342 e. The molecule has 0 bridgehead atoms. The number of nitrogens with one attached hydrogen (secondary N) is 1. The van der Waals surface area contributed by atoms with Crippen LogP contribution in [0, 0.1) is 0 Å². The average molecular weight is 261 g/mol. The van der Waals surface area contributed by atoms with E-state index < -0.39 is 5.54 Å². The Balaban J connectivity index is 2.26. The van der Waals surface area contributed by atoms with Crippen molar-refractivity contribution in [3.05, 3.63) is 30.1 Å². The molecule has 0 spiro atoms. The van der Waals surface area contributed by atoms with Crippen molar-refractivity contribution in [1.82, 2.24) is 15.2 Å². The molecule has 1 fully saturated rings. The van der Waals surface area contributed by atoms with Gasteiger partial charge in [0.2, 0.25) is 11.8 Å². The summed E-state index contributed by atoms with van der Waals surface area (Å²) in [5, 5.41) is 2.77. The molecule has 102 valence electrons. The van der Waals surface area contributed by atoms with E-state index in [0.29, 0.717) is 13.0 Å². The number of carbonyl (C=O) groups is 2. The van der Waals surface area contributed by atoms with Gasteiger partial charge in [-0.1, -0.05) is 6.07 Å². The van der Waals surface area contributed by atoms with E-state index in [-0.39, 0.29) is 17.9 Å². The molecule has 5 heteroatoms. The highest BCUT2D eigenvalue weighted by molar-refractivity contribution is 5.93. The van der Waals surface area contributed by atoms with Crippen LogP contribution in [0.2, 0.25) is 0 Å². The Kier molecular flexibility index (Phi) is 3.55. The van der Waals surface area contributed by atoms with Gasteiger partial charge in [0.25, 0.3) is 0 Å². The third-order valence-electron chi connectivity index (χ3n) is 3.34. The van der Waals surface area contributed by atoms with Crippen LogP contribution in [-0.2, 0) is 16.1 Å². The van der Waals surface area contributed by atoms with Crippen LogP contribution in [0.3, 0.4) is 0 Å². The van der Waals surface area contributed by atoms with Crippen molar-refractivity contribution in [3.63, 3.8) is 0 Å². The Morgan fingerprint density at radius 2 is 2.21 bits per heavy atom. The molecule has 1 aromatic heterocycles. The highest BCUT2D eigenvalue weighted by atomic mass is 16.2. The molecule has 2 rings (SSSR count). The zero-order valence-electron chi connectivity index (χ0n) is 11.5. The van der Waals surface area contributed by atoms with Gasteiger partial charge in [0.05, 0.1) is 0 Å². The van der Waals surface area contributed by atoms with Gasteiger partial charge >= 0.3 is 0 Å². The summed E-state index contributed by atoms with van der Waals surface area (Å²) in [6, 6.07) is 3.66. The third-order valence-corrected chi connectivity index (χ3v) is 3.34. The first-order valence-corrected chi connectivity index (χ1v) is 6.41. The van der Waals surface area contributed by atoms with E-state index >= 15 is 0 Å². The van der Waals surface area contributed by atoms with Gasteiger partial charge in [0.1, 0.15) is 5.54 Å². The molecule has 1 aliphatic rings. The van der Waals surface area contributed by atoms with E-state index in [1.165, 1.54) is 0 Å². The van der Waals surface area contributed by atoms with Crippen LogP contribution in [-0.4, -0.2) is 33.3 Å². The van der Waals surface area contributed by atoms with E-state index in [1.54, 1.807) is 31.1 Å². The van der Waals surface area contributed by atoms with Gasteiger partial charge < -0.3 is 10.2 Å². The standard InChI is InChI=1S/C14H19N3O2/c1-10-7-12(18)16-14(2,3)13(19)17(10)9-11-5-4-6-15-8-11/h4-6,8,10H,7,9H2,1-3H3,(H,16,18). The molecule has 0 saturated carbocycles. The van der Waals surface area contributed by atoms with E-state index in [1.807, 2.05) is 19.1 Å². The molecule has 1 N–H and O–H groups in total. The molecule has 0 radical (unpaired) electrons. The number of rotatable bonds is 2. The molecule has 0 aliphatic carbocycles. The lowest BCUT2D eigenvalue weighted by Crippen LogP contribution is -2.53. The highest BCUT2D eigenvalue weighted by Crippen LogP contribution is 2.20. The van der Waals surface area contributed by atoms with Crippen LogP contribution in [0.15, 0.2) is 24.5 Å². The Morgan fingerprint density at radius 1 is 1.47 bits per heavy atom. The second-order valence-electron chi connectivity index (χ2n) is 5.52. The van der Waals surface area contributed by atoms with Crippen molar-refractivity contribution in [3.8, 4) is 0 Å². The highest BCUT2D eigenvalue weighted by Gasteiger charge is 2.39. The lowest BCUT2D eigenvalue weighted by Gasteiger charge is -2.32. The number of carbonyl (C=O) groups excluding carboxylic acids is 2. The molecule has 1 unspecified atom stereocenters. The van der Waals surface area contributed by atoms with Gasteiger partial charge in [-0.2, -0.15) is 0 Å². The topological polar surface area (TPSA) is 62.3 Å². The summed E-state index contributed by atoms with van der Waals surface area (Å²) in [6.45, 7) is 5.85. The lowest BCUT2D eigenvalue weighted by atomic mass is 10.0. The van der Waals surface area contributed by atoms with E-state index in [9.17, 15) is 9.59 Å². The predicted octanol–water partition coefficient (Wildman–Crippen LogP) is 1.10. The SMILES string of the molecule is CC1CC(=O)NC(C)(C)C(=O)N1Cc1cccnc1. The molecule has 2 heterocycles. The van der Waals surface area contributed by atoms with Gasteiger partial charge in [-0.15, -0.1) is 0 Å². The van der Waals surface area contributed by atoms with Gasteiger partial charge in [-0.05, 0) is 32.4 Å². The minimum atomic E-state index is -0.857. The van der Waals surface area contributed by atoms with Crippen LogP contribution >= 0.6 is 0 Å². The molecular formula is C14H19N3O2. The maximum atomic E-state index is 12.5. The summed E-state index contributed by atoms with van der Waals surface area (Å²) in [6.07, 6.45) is 3.77. The van der Waals surface area contributed by atoms with Crippen LogP contribution < -0.4 is 5.32 Å². The van der Waals surface area contributed by atoms with Crippen molar-refractivity contribution >= 4 is 11.8 Å². The Labute approximate surface area is 113 Å². The molecule has 0 aromatic carbocycles. The summed E-state index contributed by atoms with van der Waals surface area (Å²) < 4.78 is 0. The molecule has 1 aromatic rings. The lowest BCUT2D eigenvalue weighted by molar-refractivity contribution is -0.139. The molecule has 1 aliphatic heterocycles. The summed E-state index contributed by atoms with van der Waals surface area (Å²) in [4.78, 5) is 30.1. The second-order valence-corrected chi connectivity index (χ2v) is 5.52. The first kappa shape index (κ1) is 13.5. The zero-order chi connectivity index (χ0) is 14.0. The van der Waals surface area contributed by atoms with Crippen LogP contribution in [0.1, 0.15) is 32.8 Å². The minimum absolute atomic E-state index is 0.0605. The normalized spacial score (nSPS) is 22.9. The fourth-order valence-corrected chi connectivity index (χ4v) is 2.31. The Morgan fingerprint density at radius 3 is 2.84 bits per heavy atom. The first-order valence-electron chi connectivity index (χ1n) is 6.41. The van der Waals surface area contributed by atoms with E-state index in [0.717, 1.165) is 5.56 Å². The number of hydrogen-bond donors (Lipinski definition) is 1. The number of aromatic nitrogens is 1. The maximum Gasteiger partial charge on any atom is 0.248 e. The van der Waals surface area contributed by atoms with Crippen molar-refractivity contribution in [2.24, 2.45) is 0 Å². The van der Waals surface area contributed by atoms with Gasteiger partial charge in [-0.3, -0.25) is 14.6 Å². The van der Waals surface area contributed by atoms with E-state index in [2.05, 4.69) is 10.3 Å². The Bertz CT molecular complexity index is 485. The monoisotopic (exact) mass is 261 g/mol. The van der Waals surface area contributed by atoms with Crippen LogP contribution in [0.4, 0.5) is 0 Å². The quantitative estimate of drug-likeness (QED) is 0.867. The average Bonchev–Trinajstić information content (AvgIpc) is 2.41. The van der Waals surface area contributed by atoms with Crippen molar-refractivity contribution < 1.29 is 9.59 Å². The molecular weight excluding hydrogens is 242 g/mol. The van der Waals surface area contributed by atoms with Gasteiger partial charge in [-0.25, -0.2) is 0 Å². The largest absolute Gasteiger partial charge is 0.342 e. The molecule has 1 atom stereocenters. The maximum absolute atomic E-state index is 12.5. The summed E-state index contributed by atoms with van der Waals surface area (Å²) in [5.41, 5.74) is 0.109. The summed E-state index contributed by atoms with van der Waals surface area (Å²) >= 11 is 0. The van der Waals surface area contributed by atoms with Gasteiger partial charge in [0.15, 0.2) is 0 Å². The Hall–Kier alpha value is -1.91. The predicted molar refractivity (Wildman–Crippen MR) is 71.1 cm³/mol. The zero-order valence-corrected chi connectivity index (χ0v) is 11.5. The van der Waals surface area contributed by atoms with Crippen LogP contribution in [0.25, 0.3) is 0 Å². The fourth-order valence-electron chi connectivity index (χ4n) is 2.31. The number of hydrogen-bond acceptors (Lipinski definition) is 3.